The number of aromatic nitrogens is 2. The van der Waals surface area contributed by atoms with Gasteiger partial charge in [0.2, 0.25) is 5.82 Å². The van der Waals surface area contributed by atoms with E-state index in [1.807, 2.05) is 0 Å². The summed E-state index contributed by atoms with van der Waals surface area (Å²) in [7, 11) is 0. The third-order valence-corrected chi connectivity index (χ3v) is 3.93. The van der Waals surface area contributed by atoms with E-state index in [0.29, 0.717) is 11.1 Å². The van der Waals surface area contributed by atoms with Crippen LogP contribution < -0.4 is 5.32 Å². The number of hydrogen-bond acceptors (Lipinski definition) is 6. The molecule has 0 bridgehead atoms. The number of amides is 1. The summed E-state index contributed by atoms with van der Waals surface area (Å²) in [6.45, 7) is -0.515. The highest BCUT2D eigenvalue weighted by Gasteiger charge is 2.39. The zero-order chi connectivity index (χ0) is 21.0. The van der Waals surface area contributed by atoms with Crippen LogP contribution in [-0.4, -0.2) is 39.7 Å². The van der Waals surface area contributed by atoms with Gasteiger partial charge in [-0.2, -0.15) is 18.2 Å². The van der Waals surface area contributed by atoms with Gasteiger partial charge in [-0.25, -0.2) is 0 Å². The first kappa shape index (κ1) is 20.2. The number of carbonyl (C=O) groups excluding carboxylic acids is 2. The van der Waals surface area contributed by atoms with E-state index in [-0.39, 0.29) is 11.7 Å². The highest BCUT2D eigenvalue weighted by atomic mass is 19.4. The Morgan fingerprint density at radius 3 is 2.28 bits per heavy atom. The van der Waals surface area contributed by atoms with Gasteiger partial charge in [0.05, 0.1) is 6.61 Å². The summed E-state index contributed by atoms with van der Waals surface area (Å²) in [5, 5.41) is 15.8. The number of carbonyl (C=O) groups is 2. The van der Waals surface area contributed by atoms with Crippen molar-refractivity contribution in [2.75, 3.05) is 6.61 Å². The molecule has 0 saturated heterocycles. The molecule has 2 N–H and O–H groups in total. The van der Waals surface area contributed by atoms with E-state index in [0.717, 1.165) is 12.1 Å². The van der Waals surface area contributed by atoms with Gasteiger partial charge >= 0.3 is 6.18 Å². The Kier molecular flexibility index (Phi) is 5.74. The van der Waals surface area contributed by atoms with Gasteiger partial charge in [0.15, 0.2) is 0 Å². The van der Waals surface area contributed by atoms with Crippen LogP contribution in [0.15, 0.2) is 59.1 Å². The van der Waals surface area contributed by atoms with E-state index in [1.165, 1.54) is 12.1 Å². The van der Waals surface area contributed by atoms with Gasteiger partial charge < -0.3 is 14.9 Å². The summed E-state index contributed by atoms with van der Waals surface area (Å²) in [6, 6.07) is 11.8. The van der Waals surface area contributed by atoms with E-state index in [9.17, 15) is 27.9 Å². The molecule has 0 fully saturated rings. The van der Waals surface area contributed by atoms with Gasteiger partial charge in [-0.15, -0.1) is 0 Å². The molecule has 0 radical (unpaired) electrons. The summed E-state index contributed by atoms with van der Waals surface area (Å²) < 4.78 is 42.5. The minimum atomic E-state index is -4.97. The van der Waals surface area contributed by atoms with Crippen molar-refractivity contribution in [2.45, 2.75) is 12.2 Å². The van der Waals surface area contributed by atoms with E-state index in [2.05, 4.69) is 15.5 Å². The van der Waals surface area contributed by atoms with Crippen molar-refractivity contribution in [3.63, 3.8) is 0 Å². The van der Waals surface area contributed by atoms with Crippen LogP contribution in [0.2, 0.25) is 0 Å². The van der Waals surface area contributed by atoms with E-state index >= 15 is 0 Å². The fraction of sp³-hybridized carbons (Fsp3) is 0.158. The standard InChI is InChI=1S/C19H14F3N3O4/c20-19(21,22)15(27)11-6-8-12(9-7-11)16-24-18(29-25-16)14(10-26)23-17(28)13-4-2-1-3-5-13/h1-9,14,26H,10H2,(H,23,28). The predicted molar refractivity (Wildman–Crippen MR) is 93.9 cm³/mol. The molecule has 10 heteroatoms. The van der Waals surface area contributed by atoms with Gasteiger partial charge in [0.25, 0.3) is 17.6 Å². The maximum Gasteiger partial charge on any atom is 0.454 e. The molecular weight excluding hydrogens is 391 g/mol. The summed E-state index contributed by atoms with van der Waals surface area (Å²) in [5.41, 5.74) is 0.147. The summed E-state index contributed by atoms with van der Waals surface area (Å²) >= 11 is 0. The molecule has 150 valence electrons. The lowest BCUT2D eigenvalue weighted by Gasteiger charge is -2.11. The Balaban J connectivity index is 1.75. The van der Waals surface area contributed by atoms with Gasteiger partial charge in [0, 0.05) is 16.7 Å². The highest BCUT2D eigenvalue weighted by Crippen LogP contribution is 2.24. The first-order valence-corrected chi connectivity index (χ1v) is 8.32. The number of benzene rings is 2. The molecule has 1 amide bonds. The normalized spacial score (nSPS) is 12.4. The number of aliphatic hydroxyl groups excluding tert-OH is 1. The molecule has 0 spiro atoms. The molecule has 29 heavy (non-hydrogen) atoms. The molecule has 0 aliphatic carbocycles. The molecule has 3 aromatic rings. The van der Waals surface area contributed by atoms with Gasteiger partial charge in [-0.1, -0.05) is 47.6 Å². The topological polar surface area (TPSA) is 105 Å². The van der Waals surface area contributed by atoms with Gasteiger partial charge in [-0.05, 0) is 12.1 Å². The number of ketones is 1. The molecule has 1 heterocycles. The number of hydrogen-bond donors (Lipinski definition) is 2. The predicted octanol–water partition coefficient (Wildman–Crippen LogP) is 2.95. The molecule has 1 atom stereocenters. The average Bonchev–Trinajstić information content (AvgIpc) is 3.21. The summed E-state index contributed by atoms with van der Waals surface area (Å²) in [6.07, 6.45) is -4.97. The minimum absolute atomic E-state index is 0.0263. The molecule has 2 aromatic carbocycles. The van der Waals surface area contributed by atoms with Crippen LogP contribution in [0.5, 0.6) is 0 Å². The van der Waals surface area contributed by atoms with Gasteiger partial charge in [0.1, 0.15) is 6.04 Å². The fourth-order valence-corrected chi connectivity index (χ4v) is 2.44. The Labute approximate surface area is 162 Å². The number of halogens is 3. The lowest BCUT2D eigenvalue weighted by atomic mass is 10.1. The first-order valence-electron chi connectivity index (χ1n) is 8.32. The number of nitrogens with zero attached hydrogens (tertiary/aromatic N) is 2. The van der Waals surface area contributed by atoms with Crippen molar-refractivity contribution in [1.82, 2.24) is 15.5 Å². The Bertz CT molecular complexity index is 1000. The van der Waals surface area contributed by atoms with Crippen LogP contribution in [0.25, 0.3) is 11.4 Å². The quantitative estimate of drug-likeness (QED) is 0.611. The number of Topliss-reactive ketones (excluding diaryl/α,β-unsaturated/α-hetero) is 1. The Morgan fingerprint density at radius 2 is 1.69 bits per heavy atom. The van der Waals surface area contributed by atoms with Crippen molar-refractivity contribution < 1.29 is 32.4 Å². The third-order valence-electron chi connectivity index (χ3n) is 3.93. The smallest absolute Gasteiger partial charge is 0.394 e. The van der Waals surface area contributed by atoms with E-state index < -0.39 is 36.1 Å². The number of nitrogens with one attached hydrogen (secondary N) is 1. The van der Waals surface area contributed by atoms with Crippen LogP contribution in [0, 0.1) is 0 Å². The zero-order valence-electron chi connectivity index (χ0n) is 14.7. The number of aliphatic hydroxyl groups is 1. The van der Waals surface area contributed by atoms with Crippen LogP contribution in [-0.2, 0) is 0 Å². The maximum atomic E-state index is 12.5. The highest BCUT2D eigenvalue weighted by molar-refractivity contribution is 6.00. The lowest BCUT2D eigenvalue weighted by molar-refractivity contribution is -0.0885. The maximum absolute atomic E-state index is 12.5. The lowest BCUT2D eigenvalue weighted by Crippen LogP contribution is -2.31. The molecule has 1 aromatic heterocycles. The van der Waals surface area contributed by atoms with Gasteiger partial charge in [-0.3, -0.25) is 9.59 Å². The van der Waals surface area contributed by atoms with Crippen LogP contribution in [0.4, 0.5) is 13.2 Å². The Hall–Kier alpha value is -3.53. The third kappa shape index (κ3) is 4.66. The second-order valence-electron chi connectivity index (χ2n) is 5.94. The summed E-state index contributed by atoms with van der Waals surface area (Å²) in [4.78, 5) is 27.5. The average molecular weight is 405 g/mol. The zero-order valence-corrected chi connectivity index (χ0v) is 14.7. The molecule has 7 nitrogen and oxygen atoms in total. The van der Waals surface area contributed by atoms with Crippen LogP contribution in [0.3, 0.4) is 0 Å². The van der Waals surface area contributed by atoms with Crippen molar-refractivity contribution in [1.29, 1.82) is 0 Å². The van der Waals surface area contributed by atoms with Crippen molar-refractivity contribution in [3.8, 4) is 11.4 Å². The Morgan fingerprint density at radius 1 is 1.03 bits per heavy atom. The minimum Gasteiger partial charge on any atom is -0.394 e. The summed E-state index contributed by atoms with van der Waals surface area (Å²) in [5.74, 6) is -2.47. The monoisotopic (exact) mass is 405 g/mol. The van der Waals surface area contributed by atoms with E-state index in [4.69, 9.17) is 4.52 Å². The molecule has 0 saturated carbocycles. The van der Waals surface area contributed by atoms with Crippen molar-refractivity contribution in [3.05, 3.63) is 71.6 Å². The van der Waals surface area contributed by atoms with Crippen LogP contribution in [0.1, 0.15) is 32.6 Å². The molecular formula is C19H14F3N3O4. The second kappa shape index (κ2) is 8.23. The first-order chi connectivity index (χ1) is 13.8. The van der Waals surface area contributed by atoms with Crippen LogP contribution >= 0.6 is 0 Å². The molecule has 3 rings (SSSR count). The van der Waals surface area contributed by atoms with Crippen molar-refractivity contribution in [2.24, 2.45) is 0 Å². The molecule has 0 aliphatic rings. The SMILES string of the molecule is O=C(NC(CO)c1nc(-c2ccc(C(=O)C(F)(F)F)cc2)no1)c1ccccc1. The molecule has 1 unspecified atom stereocenters. The number of alkyl halides is 3. The molecule has 0 aliphatic heterocycles. The fourth-order valence-electron chi connectivity index (χ4n) is 2.44. The largest absolute Gasteiger partial charge is 0.454 e. The van der Waals surface area contributed by atoms with E-state index in [1.54, 1.807) is 30.3 Å². The van der Waals surface area contributed by atoms with Crippen molar-refractivity contribution >= 4 is 11.7 Å². The second-order valence-corrected chi connectivity index (χ2v) is 5.94. The number of rotatable bonds is 6.